The van der Waals surface area contributed by atoms with Gasteiger partial charge in [0.05, 0.1) is 11.5 Å². The number of rotatable bonds is 7. The van der Waals surface area contributed by atoms with Gasteiger partial charge in [0.2, 0.25) is 0 Å². The van der Waals surface area contributed by atoms with Crippen LogP contribution >= 0.6 is 0 Å². The number of nitrogens with zero attached hydrogens (tertiary/aromatic N) is 1. The highest BCUT2D eigenvalue weighted by Gasteiger charge is 2.13. The second-order valence-corrected chi connectivity index (χ2v) is 5.22. The van der Waals surface area contributed by atoms with E-state index in [-0.39, 0.29) is 18.2 Å². The van der Waals surface area contributed by atoms with Crippen LogP contribution in [0.2, 0.25) is 0 Å². The largest absolute Gasteiger partial charge is 0.392 e. The third-order valence-corrected chi connectivity index (χ3v) is 3.59. The van der Waals surface area contributed by atoms with Gasteiger partial charge in [-0.15, -0.1) is 0 Å². The highest BCUT2D eigenvalue weighted by atomic mass is 16.6. The number of anilines is 1. The van der Waals surface area contributed by atoms with E-state index in [0.29, 0.717) is 29.8 Å². The van der Waals surface area contributed by atoms with Crippen LogP contribution in [0.5, 0.6) is 0 Å². The number of benzene rings is 2. The molecule has 1 amide bonds. The van der Waals surface area contributed by atoms with Crippen molar-refractivity contribution in [3.63, 3.8) is 0 Å². The molecule has 7 nitrogen and oxygen atoms in total. The van der Waals surface area contributed by atoms with Crippen LogP contribution < -0.4 is 10.6 Å². The lowest BCUT2D eigenvalue weighted by Crippen LogP contribution is -2.18. The Hall–Kier alpha value is -2.93. The van der Waals surface area contributed by atoms with Crippen LogP contribution in [0.3, 0.4) is 0 Å². The number of nitro groups is 1. The van der Waals surface area contributed by atoms with Crippen molar-refractivity contribution in [1.82, 2.24) is 5.32 Å². The number of hydrogen-bond acceptors (Lipinski definition) is 5. The Balaban J connectivity index is 2.06. The van der Waals surface area contributed by atoms with Crippen LogP contribution in [0.15, 0.2) is 42.5 Å². The molecular weight excluding hydrogens is 310 g/mol. The summed E-state index contributed by atoms with van der Waals surface area (Å²) >= 11 is 0. The Kier molecular flexibility index (Phi) is 5.86. The lowest BCUT2D eigenvalue weighted by atomic mass is 10.1. The molecule has 0 saturated carbocycles. The second kappa shape index (κ2) is 8.07. The van der Waals surface area contributed by atoms with Crippen molar-refractivity contribution in [1.29, 1.82) is 0 Å². The molecule has 0 unspecified atom stereocenters. The van der Waals surface area contributed by atoms with Crippen molar-refractivity contribution in [2.24, 2.45) is 0 Å². The van der Waals surface area contributed by atoms with Crippen molar-refractivity contribution < 1.29 is 14.8 Å². The summed E-state index contributed by atoms with van der Waals surface area (Å²) in [5, 5.41) is 25.8. The first-order valence-corrected chi connectivity index (χ1v) is 7.48. The van der Waals surface area contributed by atoms with E-state index in [4.69, 9.17) is 5.11 Å². The number of hydrogen-bond donors (Lipinski definition) is 3. The number of carbonyl (C=O) groups excluding carboxylic acids is 1. The average molecular weight is 329 g/mol. The predicted octanol–water partition coefficient (Wildman–Crippen LogP) is 2.10. The quantitative estimate of drug-likeness (QED) is 0.533. The number of carbonyl (C=O) groups is 1. The van der Waals surface area contributed by atoms with E-state index in [0.717, 1.165) is 5.56 Å². The van der Waals surface area contributed by atoms with Crippen molar-refractivity contribution in [2.75, 3.05) is 18.9 Å². The molecule has 0 bridgehead atoms. The SMILES string of the molecule is CNC(=O)c1cccc(CCNc2cc(CO)ccc2[N+](=O)[O-])c1. The number of nitro benzene ring substituents is 1. The molecule has 7 heteroatoms. The molecule has 0 aliphatic heterocycles. The summed E-state index contributed by atoms with van der Waals surface area (Å²) < 4.78 is 0. The van der Waals surface area contributed by atoms with E-state index in [1.165, 1.54) is 12.1 Å². The van der Waals surface area contributed by atoms with Gasteiger partial charge >= 0.3 is 0 Å². The molecule has 0 fully saturated rings. The normalized spacial score (nSPS) is 10.2. The number of nitrogens with one attached hydrogen (secondary N) is 2. The molecule has 0 saturated heterocycles. The van der Waals surface area contributed by atoms with Gasteiger partial charge in [-0.1, -0.05) is 12.1 Å². The minimum atomic E-state index is -0.463. The number of aliphatic hydroxyl groups is 1. The lowest BCUT2D eigenvalue weighted by molar-refractivity contribution is -0.384. The van der Waals surface area contributed by atoms with Crippen LogP contribution in [0.25, 0.3) is 0 Å². The zero-order chi connectivity index (χ0) is 17.5. The van der Waals surface area contributed by atoms with Crippen molar-refractivity contribution in [2.45, 2.75) is 13.0 Å². The van der Waals surface area contributed by atoms with Gasteiger partial charge in [-0.25, -0.2) is 0 Å². The Morgan fingerprint density at radius 3 is 2.67 bits per heavy atom. The second-order valence-electron chi connectivity index (χ2n) is 5.22. The smallest absolute Gasteiger partial charge is 0.292 e. The van der Waals surface area contributed by atoms with Crippen molar-refractivity contribution in [3.05, 3.63) is 69.3 Å². The molecule has 0 atom stereocenters. The molecule has 0 spiro atoms. The number of aliphatic hydroxyl groups excluding tert-OH is 1. The van der Waals surface area contributed by atoms with Gasteiger partial charge in [-0.3, -0.25) is 14.9 Å². The summed E-state index contributed by atoms with van der Waals surface area (Å²) in [7, 11) is 1.57. The summed E-state index contributed by atoms with van der Waals surface area (Å²) in [6.07, 6.45) is 0.603. The molecule has 0 aliphatic rings. The third-order valence-electron chi connectivity index (χ3n) is 3.59. The molecule has 24 heavy (non-hydrogen) atoms. The lowest BCUT2D eigenvalue weighted by Gasteiger charge is -2.09. The van der Waals surface area contributed by atoms with Crippen LogP contribution in [0.4, 0.5) is 11.4 Å². The average Bonchev–Trinajstić information content (AvgIpc) is 2.61. The summed E-state index contributed by atoms with van der Waals surface area (Å²) in [6, 6.07) is 11.7. The summed E-state index contributed by atoms with van der Waals surface area (Å²) in [6.45, 7) is 0.285. The zero-order valence-corrected chi connectivity index (χ0v) is 13.3. The molecule has 0 aromatic heterocycles. The van der Waals surface area contributed by atoms with Gasteiger partial charge in [0.15, 0.2) is 0 Å². The fourth-order valence-corrected chi connectivity index (χ4v) is 2.34. The molecule has 0 aliphatic carbocycles. The summed E-state index contributed by atoms with van der Waals surface area (Å²) in [4.78, 5) is 22.2. The van der Waals surface area contributed by atoms with E-state index < -0.39 is 4.92 Å². The maximum Gasteiger partial charge on any atom is 0.292 e. The van der Waals surface area contributed by atoms with Gasteiger partial charge in [0.1, 0.15) is 5.69 Å². The maximum absolute atomic E-state index is 11.6. The Bertz CT molecular complexity index is 746. The van der Waals surface area contributed by atoms with Crippen molar-refractivity contribution in [3.8, 4) is 0 Å². The highest BCUT2D eigenvalue weighted by Crippen LogP contribution is 2.25. The molecule has 126 valence electrons. The Morgan fingerprint density at radius 2 is 2.00 bits per heavy atom. The van der Waals surface area contributed by atoms with Gasteiger partial charge in [-0.05, 0) is 41.8 Å². The fourth-order valence-electron chi connectivity index (χ4n) is 2.34. The highest BCUT2D eigenvalue weighted by molar-refractivity contribution is 5.94. The summed E-state index contributed by atoms with van der Waals surface area (Å²) in [5.41, 5.74) is 2.46. The predicted molar refractivity (Wildman–Crippen MR) is 91.0 cm³/mol. The first kappa shape index (κ1) is 17.4. The molecule has 2 aromatic rings. The van der Waals surface area contributed by atoms with Gasteiger partial charge in [0, 0.05) is 25.2 Å². The maximum atomic E-state index is 11.6. The Morgan fingerprint density at radius 1 is 1.21 bits per heavy atom. The first-order chi connectivity index (χ1) is 11.5. The van der Waals surface area contributed by atoms with Crippen LogP contribution in [0, 0.1) is 10.1 Å². The van der Waals surface area contributed by atoms with Gasteiger partial charge in [0.25, 0.3) is 11.6 Å². The molecule has 0 radical (unpaired) electrons. The van der Waals surface area contributed by atoms with Crippen LogP contribution in [-0.4, -0.2) is 29.5 Å². The van der Waals surface area contributed by atoms with E-state index in [9.17, 15) is 14.9 Å². The molecule has 3 N–H and O–H groups in total. The third kappa shape index (κ3) is 4.30. The molecular formula is C17H19N3O4. The molecule has 2 rings (SSSR count). The zero-order valence-electron chi connectivity index (χ0n) is 13.3. The Labute approximate surface area is 139 Å². The van der Waals surface area contributed by atoms with Crippen LogP contribution in [-0.2, 0) is 13.0 Å². The minimum Gasteiger partial charge on any atom is -0.392 e. The van der Waals surface area contributed by atoms with Crippen LogP contribution in [0.1, 0.15) is 21.5 Å². The van der Waals surface area contributed by atoms with E-state index in [1.54, 1.807) is 31.3 Å². The monoisotopic (exact) mass is 329 g/mol. The minimum absolute atomic E-state index is 0.0358. The van der Waals surface area contributed by atoms with Gasteiger partial charge < -0.3 is 15.7 Å². The molecule has 2 aromatic carbocycles. The first-order valence-electron chi connectivity index (χ1n) is 7.48. The van der Waals surface area contributed by atoms with E-state index >= 15 is 0 Å². The topological polar surface area (TPSA) is 104 Å². The van der Waals surface area contributed by atoms with E-state index in [2.05, 4.69) is 10.6 Å². The number of amides is 1. The fraction of sp³-hybridized carbons (Fsp3) is 0.235. The summed E-state index contributed by atoms with van der Waals surface area (Å²) in [5.74, 6) is -0.156. The molecule has 0 heterocycles. The van der Waals surface area contributed by atoms with E-state index in [1.807, 2.05) is 6.07 Å². The van der Waals surface area contributed by atoms with Gasteiger partial charge in [-0.2, -0.15) is 0 Å². The van der Waals surface area contributed by atoms with Crippen molar-refractivity contribution >= 4 is 17.3 Å². The standard InChI is InChI=1S/C17H19N3O4/c1-18-17(22)14-4-2-3-12(9-14)7-8-19-15-10-13(11-21)5-6-16(15)20(23)24/h2-6,9-10,19,21H,7-8,11H2,1H3,(H,18,22).